The highest BCUT2D eigenvalue weighted by atomic mass is 16.5. The van der Waals surface area contributed by atoms with Gasteiger partial charge in [-0.25, -0.2) is 0 Å². The lowest BCUT2D eigenvalue weighted by Crippen LogP contribution is -2.36. The molecule has 0 saturated carbocycles. The molecule has 31 heavy (non-hydrogen) atoms. The predicted octanol–water partition coefficient (Wildman–Crippen LogP) is 3.75. The minimum Gasteiger partial charge on any atom is -0.451 e. The summed E-state index contributed by atoms with van der Waals surface area (Å²) < 4.78 is 11.3. The Morgan fingerprint density at radius 2 is 1.84 bits per heavy atom. The van der Waals surface area contributed by atoms with Gasteiger partial charge in [-0.15, -0.1) is 0 Å². The maximum atomic E-state index is 12.9. The Bertz CT molecular complexity index is 1020. The molecule has 162 valence electrons. The van der Waals surface area contributed by atoms with E-state index in [2.05, 4.69) is 37.4 Å². The highest BCUT2D eigenvalue weighted by Gasteiger charge is 2.21. The molecule has 4 heterocycles. The van der Waals surface area contributed by atoms with Crippen molar-refractivity contribution in [2.75, 3.05) is 54.5 Å². The molecule has 2 aliphatic rings. The van der Waals surface area contributed by atoms with Crippen molar-refractivity contribution in [1.82, 2.24) is 10.2 Å². The van der Waals surface area contributed by atoms with Crippen molar-refractivity contribution in [2.24, 2.45) is 0 Å². The van der Waals surface area contributed by atoms with Gasteiger partial charge >= 0.3 is 0 Å². The lowest BCUT2D eigenvalue weighted by Gasteiger charge is -2.33. The SMILES string of the molecule is O=C(Nc1ccc(N2CCOCC2)cc1N1CCCCC1)c1ccc(-c2cn[nH]c2)o1. The number of anilines is 3. The second kappa shape index (κ2) is 8.85. The molecule has 5 rings (SSSR count). The van der Waals surface area contributed by atoms with Crippen molar-refractivity contribution in [3.05, 3.63) is 48.5 Å². The average molecular weight is 422 g/mol. The molecule has 2 aliphatic heterocycles. The van der Waals surface area contributed by atoms with Crippen LogP contribution in [-0.2, 0) is 4.74 Å². The number of amides is 1. The lowest BCUT2D eigenvalue weighted by atomic mass is 10.1. The zero-order valence-corrected chi connectivity index (χ0v) is 17.5. The maximum Gasteiger partial charge on any atom is 0.291 e. The van der Waals surface area contributed by atoms with Gasteiger partial charge < -0.3 is 24.3 Å². The molecule has 2 aromatic heterocycles. The first-order valence-electron chi connectivity index (χ1n) is 10.9. The summed E-state index contributed by atoms with van der Waals surface area (Å²) in [5, 5.41) is 9.75. The summed E-state index contributed by atoms with van der Waals surface area (Å²) in [6, 6.07) is 9.76. The largest absolute Gasteiger partial charge is 0.451 e. The highest BCUT2D eigenvalue weighted by Crippen LogP contribution is 2.34. The van der Waals surface area contributed by atoms with Crippen molar-refractivity contribution in [3.63, 3.8) is 0 Å². The number of carbonyl (C=O) groups is 1. The minimum atomic E-state index is -0.257. The Morgan fingerprint density at radius 1 is 1.00 bits per heavy atom. The number of nitrogens with one attached hydrogen (secondary N) is 2. The first kappa shape index (κ1) is 19.7. The Labute approximate surface area is 181 Å². The van der Waals surface area contributed by atoms with Gasteiger partial charge in [-0.1, -0.05) is 0 Å². The molecular weight excluding hydrogens is 394 g/mol. The van der Waals surface area contributed by atoms with E-state index in [1.54, 1.807) is 24.5 Å². The number of ether oxygens (including phenoxy) is 1. The van der Waals surface area contributed by atoms with E-state index in [9.17, 15) is 4.79 Å². The fraction of sp³-hybridized carbons (Fsp3) is 0.391. The summed E-state index contributed by atoms with van der Waals surface area (Å²) in [7, 11) is 0. The molecule has 0 radical (unpaired) electrons. The van der Waals surface area contributed by atoms with Crippen LogP contribution in [0, 0.1) is 0 Å². The first-order chi connectivity index (χ1) is 15.3. The monoisotopic (exact) mass is 421 g/mol. The van der Waals surface area contributed by atoms with Gasteiger partial charge in [-0.3, -0.25) is 9.89 Å². The normalized spacial score (nSPS) is 17.0. The number of aromatic nitrogens is 2. The third-order valence-corrected chi connectivity index (χ3v) is 5.92. The van der Waals surface area contributed by atoms with Crippen LogP contribution < -0.4 is 15.1 Å². The molecule has 0 aliphatic carbocycles. The van der Waals surface area contributed by atoms with E-state index in [-0.39, 0.29) is 11.7 Å². The van der Waals surface area contributed by atoms with E-state index in [0.29, 0.717) is 5.76 Å². The van der Waals surface area contributed by atoms with Crippen LogP contribution in [0.4, 0.5) is 17.1 Å². The number of H-pyrrole nitrogens is 1. The van der Waals surface area contributed by atoms with Crippen LogP contribution in [0.2, 0.25) is 0 Å². The maximum absolute atomic E-state index is 12.9. The molecule has 8 nitrogen and oxygen atoms in total. The molecule has 8 heteroatoms. The molecular formula is C23H27N5O3. The second-order valence-corrected chi connectivity index (χ2v) is 7.95. The van der Waals surface area contributed by atoms with Crippen molar-refractivity contribution >= 4 is 23.0 Å². The highest BCUT2D eigenvalue weighted by molar-refractivity contribution is 6.04. The lowest BCUT2D eigenvalue weighted by molar-refractivity contribution is 0.0997. The third kappa shape index (κ3) is 4.29. The first-order valence-corrected chi connectivity index (χ1v) is 10.9. The number of morpholine rings is 1. The van der Waals surface area contributed by atoms with E-state index >= 15 is 0 Å². The fourth-order valence-electron chi connectivity index (χ4n) is 4.23. The van der Waals surface area contributed by atoms with Crippen LogP contribution in [0.15, 0.2) is 47.1 Å². The molecule has 3 aromatic rings. The van der Waals surface area contributed by atoms with E-state index in [1.807, 2.05) is 6.07 Å². The number of rotatable bonds is 5. The van der Waals surface area contributed by atoms with Crippen LogP contribution in [0.3, 0.4) is 0 Å². The molecule has 2 fully saturated rings. The number of nitrogens with zero attached hydrogens (tertiary/aromatic N) is 3. The number of aromatic amines is 1. The van der Waals surface area contributed by atoms with Gasteiger partial charge in [0.05, 0.1) is 36.3 Å². The molecule has 1 amide bonds. The van der Waals surface area contributed by atoms with Crippen molar-refractivity contribution in [2.45, 2.75) is 19.3 Å². The summed E-state index contributed by atoms with van der Waals surface area (Å²) in [5.41, 5.74) is 3.86. The van der Waals surface area contributed by atoms with Crippen molar-refractivity contribution < 1.29 is 13.9 Å². The molecule has 1 aromatic carbocycles. The summed E-state index contributed by atoms with van der Waals surface area (Å²) in [6.07, 6.45) is 6.99. The van der Waals surface area contributed by atoms with Gasteiger partial charge in [-0.05, 0) is 49.6 Å². The van der Waals surface area contributed by atoms with Gasteiger partial charge in [0.15, 0.2) is 5.76 Å². The molecule has 0 unspecified atom stereocenters. The summed E-state index contributed by atoms with van der Waals surface area (Å²) in [5.74, 6) is 0.628. The second-order valence-electron chi connectivity index (χ2n) is 7.95. The van der Waals surface area contributed by atoms with Crippen LogP contribution in [0.1, 0.15) is 29.8 Å². The van der Waals surface area contributed by atoms with Crippen LogP contribution >= 0.6 is 0 Å². The number of furan rings is 1. The third-order valence-electron chi connectivity index (χ3n) is 5.92. The number of hydrogen-bond acceptors (Lipinski definition) is 6. The molecule has 0 atom stereocenters. The molecule has 0 spiro atoms. The van der Waals surface area contributed by atoms with E-state index in [4.69, 9.17) is 9.15 Å². The molecule has 2 saturated heterocycles. The van der Waals surface area contributed by atoms with Gasteiger partial charge in [0.1, 0.15) is 5.76 Å². The Balaban J connectivity index is 1.40. The van der Waals surface area contributed by atoms with Crippen LogP contribution in [-0.4, -0.2) is 55.5 Å². The van der Waals surface area contributed by atoms with Gasteiger partial charge in [0.2, 0.25) is 0 Å². The zero-order valence-electron chi connectivity index (χ0n) is 17.5. The van der Waals surface area contributed by atoms with Gasteiger partial charge in [0.25, 0.3) is 5.91 Å². The topological polar surface area (TPSA) is 86.6 Å². The fourth-order valence-corrected chi connectivity index (χ4v) is 4.23. The summed E-state index contributed by atoms with van der Waals surface area (Å²) >= 11 is 0. The molecule has 0 bridgehead atoms. The number of piperidine rings is 1. The Morgan fingerprint density at radius 3 is 2.61 bits per heavy atom. The number of benzene rings is 1. The summed E-state index contributed by atoms with van der Waals surface area (Å²) in [4.78, 5) is 17.7. The summed E-state index contributed by atoms with van der Waals surface area (Å²) in [6.45, 7) is 5.26. The van der Waals surface area contributed by atoms with Crippen molar-refractivity contribution in [1.29, 1.82) is 0 Å². The quantitative estimate of drug-likeness (QED) is 0.653. The van der Waals surface area contributed by atoms with E-state index < -0.39 is 0 Å². The number of hydrogen-bond donors (Lipinski definition) is 2. The van der Waals surface area contributed by atoms with Crippen LogP contribution in [0.25, 0.3) is 11.3 Å². The van der Waals surface area contributed by atoms with Crippen LogP contribution in [0.5, 0.6) is 0 Å². The Kier molecular flexibility index (Phi) is 5.62. The zero-order chi connectivity index (χ0) is 21.0. The van der Waals surface area contributed by atoms with Gasteiger partial charge in [-0.2, -0.15) is 5.10 Å². The van der Waals surface area contributed by atoms with E-state index in [1.165, 1.54) is 24.9 Å². The van der Waals surface area contributed by atoms with Gasteiger partial charge in [0, 0.05) is 38.1 Å². The standard InChI is InChI=1S/C23H27N5O3/c29-23(22-7-6-21(31-22)17-15-24-25-16-17)26-19-5-4-18(27-10-12-30-13-11-27)14-20(19)28-8-2-1-3-9-28/h4-7,14-16H,1-3,8-13H2,(H,24,25)(H,26,29). The minimum absolute atomic E-state index is 0.257. The number of carbonyl (C=O) groups excluding carboxylic acids is 1. The Hall–Kier alpha value is -3.26. The van der Waals surface area contributed by atoms with Crippen molar-refractivity contribution in [3.8, 4) is 11.3 Å². The molecule has 2 N–H and O–H groups in total. The van der Waals surface area contributed by atoms with E-state index in [0.717, 1.165) is 56.3 Å². The average Bonchev–Trinajstić information content (AvgIpc) is 3.53. The smallest absolute Gasteiger partial charge is 0.291 e. The predicted molar refractivity (Wildman–Crippen MR) is 120 cm³/mol.